The van der Waals surface area contributed by atoms with E-state index >= 15 is 0 Å². The van der Waals surface area contributed by atoms with Crippen molar-refractivity contribution in [3.8, 4) is 5.75 Å². The number of ether oxygens (including phenoxy) is 1. The molecule has 36 heavy (non-hydrogen) atoms. The van der Waals surface area contributed by atoms with Crippen molar-refractivity contribution in [3.63, 3.8) is 0 Å². The smallest absolute Gasteiger partial charge is 0.303 e. The number of aryl methyl sites for hydroxylation is 1. The van der Waals surface area contributed by atoms with Crippen molar-refractivity contribution < 1.29 is 19.4 Å². The molecular weight excluding hydrogens is 478 g/mol. The number of aliphatic carboxylic acids is 1. The number of benzene rings is 3. The molecule has 0 fully saturated rings. The highest BCUT2D eigenvalue weighted by molar-refractivity contribution is 6.38. The van der Waals surface area contributed by atoms with Crippen LogP contribution in [0, 0.1) is 0 Å². The molecule has 8 heteroatoms. The van der Waals surface area contributed by atoms with Gasteiger partial charge in [-0.25, -0.2) is 0 Å². The van der Waals surface area contributed by atoms with Gasteiger partial charge in [0.05, 0.1) is 17.0 Å². The first-order valence-electron chi connectivity index (χ1n) is 11.6. The number of anilines is 2. The van der Waals surface area contributed by atoms with Gasteiger partial charge in [-0.3, -0.25) is 9.59 Å². The molecule has 1 heterocycles. The van der Waals surface area contributed by atoms with E-state index in [4.69, 9.17) is 21.4 Å². The molecule has 0 saturated carbocycles. The van der Waals surface area contributed by atoms with E-state index in [1.165, 1.54) is 0 Å². The van der Waals surface area contributed by atoms with E-state index in [0.717, 1.165) is 34.7 Å². The molecular formula is C28H28ClN3O4. The van der Waals surface area contributed by atoms with Gasteiger partial charge in [-0.15, -0.1) is 0 Å². The van der Waals surface area contributed by atoms with Crippen molar-refractivity contribution in [1.82, 2.24) is 4.90 Å². The molecule has 0 bridgehead atoms. The van der Waals surface area contributed by atoms with E-state index in [1.54, 1.807) is 12.1 Å². The number of halogens is 1. The Morgan fingerprint density at radius 3 is 2.58 bits per heavy atom. The molecule has 1 aliphatic rings. The summed E-state index contributed by atoms with van der Waals surface area (Å²) in [6.45, 7) is 1.39. The second-order valence-corrected chi connectivity index (χ2v) is 9.23. The molecule has 0 atom stereocenters. The fourth-order valence-electron chi connectivity index (χ4n) is 3.93. The number of hydrogen-bond donors (Lipinski definition) is 3. The minimum atomic E-state index is -0.856. The van der Waals surface area contributed by atoms with E-state index in [2.05, 4.69) is 15.5 Å². The summed E-state index contributed by atoms with van der Waals surface area (Å²) in [6.07, 6.45) is 0.420. The molecule has 0 unspecified atom stereocenters. The van der Waals surface area contributed by atoms with Crippen LogP contribution in [0.5, 0.6) is 5.75 Å². The van der Waals surface area contributed by atoms with Crippen molar-refractivity contribution in [2.24, 2.45) is 0 Å². The number of rotatable bonds is 10. The second-order valence-electron chi connectivity index (χ2n) is 8.79. The summed E-state index contributed by atoms with van der Waals surface area (Å²) in [5.74, 6) is -0.341. The highest BCUT2D eigenvalue weighted by Gasteiger charge is 2.28. The molecule has 1 amide bonds. The highest BCUT2D eigenvalue weighted by atomic mass is 35.5. The average Bonchev–Trinajstić information content (AvgIpc) is 3.16. The molecule has 3 N–H and O–H groups in total. The fourth-order valence-corrected chi connectivity index (χ4v) is 4.10. The molecule has 3 aromatic carbocycles. The van der Waals surface area contributed by atoms with Crippen LogP contribution in [0.25, 0.3) is 11.3 Å². The lowest BCUT2D eigenvalue weighted by Crippen LogP contribution is -2.19. The van der Waals surface area contributed by atoms with Crippen LogP contribution in [0.4, 0.5) is 11.4 Å². The van der Waals surface area contributed by atoms with Gasteiger partial charge in [0.1, 0.15) is 12.4 Å². The third-order valence-corrected chi connectivity index (χ3v) is 5.99. The maximum Gasteiger partial charge on any atom is 0.303 e. The highest BCUT2D eigenvalue weighted by Crippen LogP contribution is 2.39. The van der Waals surface area contributed by atoms with Crippen molar-refractivity contribution in [3.05, 3.63) is 88.4 Å². The zero-order chi connectivity index (χ0) is 25.7. The molecule has 0 radical (unpaired) electrons. The van der Waals surface area contributed by atoms with Gasteiger partial charge in [-0.1, -0.05) is 35.9 Å². The Bertz CT molecular complexity index is 1300. The van der Waals surface area contributed by atoms with Crippen LogP contribution in [0.2, 0.25) is 5.02 Å². The van der Waals surface area contributed by atoms with E-state index in [1.807, 2.05) is 68.7 Å². The zero-order valence-electron chi connectivity index (χ0n) is 20.2. The predicted octanol–water partition coefficient (Wildman–Crippen LogP) is 5.23. The number of carbonyl (C=O) groups is 2. The Kier molecular flexibility index (Phi) is 7.93. The third kappa shape index (κ3) is 6.24. The molecule has 0 aliphatic carbocycles. The maximum absolute atomic E-state index is 13.1. The lowest BCUT2D eigenvalue weighted by atomic mass is 9.97. The normalized spacial score (nSPS) is 13.8. The first-order valence-corrected chi connectivity index (χ1v) is 12.0. The summed E-state index contributed by atoms with van der Waals surface area (Å²) >= 11 is 6.15. The number of nitrogens with zero attached hydrogens (tertiary/aromatic N) is 1. The molecule has 4 rings (SSSR count). The Morgan fingerprint density at radius 2 is 1.86 bits per heavy atom. The van der Waals surface area contributed by atoms with Gasteiger partial charge in [0.2, 0.25) is 0 Å². The van der Waals surface area contributed by atoms with Gasteiger partial charge < -0.3 is 25.4 Å². The van der Waals surface area contributed by atoms with Gasteiger partial charge in [0.15, 0.2) is 0 Å². The first-order chi connectivity index (χ1) is 17.3. The van der Waals surface area contributed by atoms with E-state index in [9.17, 15) is 9.59 Å². The number of amides is 1. The number of carboxylic acids is 1. The van der Waals surface area contributed by atoms with Gasteiger partial charge in [0.25, 0.3) is 5.91 Å². The second kappa shape index (κ2) is 11.3. The molecule has 0 spiro atoms. The van der Waals surface area contributed by atoms with Crippen LogP contribution in [-0.2, 0) is 16.0 Å². The summed E-state index contributed by atoms with van der Waals surface area (Å²) in [5, 5.41) is 15.9. The van der Waals surface area contributed by atoms with Crippen molar-refractivity contribution >= 4 is 46.1 Å². The molecule has 1 aliphatic heterocycles. The lowest BCUT2D eigenvalue weighted by Gasteiger charge is -2.16. The van der Waals surface area contributed by atoms with Crippen molar-refractivity contribution in [1.29, 1.82) is 0 Å². The predicted molar refractivity (Wildman–Crippen MR) is 143 cm³/mol. The summed E-state index contributed by atoms with van der Waals surface area (Å²) in [6, 6.07) is 20.4. The lowest BCUT2D eigenvalue weighted by molar-refractivity contribution is -0.137. The number of carbonyl (C=O) groups excluding carboxylic acids is 1. The topological polar surface area (TPSA) is 90.9 Å². The summed E-state index contributed by atoms with van der Waals surface area (Å²) < 4.78 is 5.79. The number of likely N-dealkylation sites (N-methyl/N-ethyl adjacent to an activating group) is 1. The number of carboxylic acid groups (broad SMARTS) is 1. The quantitative estimate of drug-likeness (QED) is 0.327. The number of nitrogens with one attached hydrogen (secondary N) is 2. The molecule has 7 nitrogen and oxygen atoms in total. The molecule has 3 aromatic rings. The molecule has 0 saturated heterocycles. The minimum absolute atomic E-state index is 0.0277. The van der Waals surface area contributed by atoms with Crippen LogP contribution in [-0.4, -0.2) is 49.1 Å². The van der Waals surface area contributed by atoms with Crippen molar-refractivity contribution in [2.75, 3.05) is 37.9 Å². The summed E-state index contributed by atoms with van der Waals surface area (Å²) in [4.78, 5) is 26.3. The van der Waals surface area contributed by atoms with Gasteiger partial charge in [0, 0.05) is 29.2 Å². The standard InChI is InChI=1S/C28H28ClN3O4/c1-32(2)14-15-36-22-10-8-21(9-11-22)30-27(19-5-3-4-18(16-19)6-13-25(33)34)26-23-12-7-20(29)17-24(23)31-28(26)35/h3-5,7-12,16-17,30H,6,13-15H2,1-2H3,(H,31,35)(H,33,34). The summed E-state index contributed by atoms with van der Waals surface area (Å²) in [7, 11) is 3.99. The van der Waals surface area contributed by atoms with Gasteiger partial charge in [-0.2, -0.15) is 0 Å². The molecule has 186 valence electrons. The molecule has 0 aromatic heterocycles. The van der Waals surface area contributed by atoms with Crippen LogP contribution in [0.3, 0.4) is 0 Å². The SMILES string of the molecule is CN(C)CCOc1ccc(NC(=C2C(=O)Nc3cc(Cl)ccc32)c2cccc(CCC(=O)O)c2)cc1. The Morgan fingerprint density at radius 1 is 1.08 bits per heavy atom. The van der Waals surface area contributed by atoms with E-state index < -0.39 is 5.97 Å². The average molecular weight is 506 g/mol. The van der Waals surface area contributed by atoms with E-state index in [0.29, 0.717) is 35.0 Å². The van der Waals surface area contributed by atoms with Crippen LogP contribution >= 0.6 is 11.6 Å². The Balaban J connectivity index is 1.70. The van der Waals surface area contributed by atoms with Crippen LogP contribution in [0.1, 0.15) is 23.1 Å². The third-order valence-electron chi connectivity index (χ3n) is 5.75. The number of fused-ring (bicyclic) bond motifs is 1. The van der Waals surface area contributed by atoms with E-state index in [-0.39, 0.29) is 12.3 Å². The van der Waals surface area contributed by atoms with Crippen LogP contribution < -0.4 is 15.4 Å². The first kappa shape index (κ1) is 25.3. The van der Waals surface area contributed by atoms with Gasteiger partial charge >= 0.3 is 5.97 Å². The minimum Gasteiger partial charge on any atom is -0.492 e. The Labute approximate surface area is 215 Å². The fraction of sp³-hybridized carbons (Fsp3) is 0.214. The largest absolute Gasteiger partial charge is 0.492 e. The Hall–Kier alpha value is -3.81. The van der Waals surface area contributed by atoms with Gasteiger partial charge in [-0.05, 0) is 74.1 Å². The zero-order valence-corrected chi connectivity index (χ0v) is 20.9. The number of hydrogen-bond acceptors (Lipinski definition) is 5. The summed E-state index contributed by atoms with van der Waals surface area (Å²) in [5.41, 5.74) is 4.92. The monoisotopic (exact) mass is 505 g/mol. The van der Waals surface area contributed by atoms with Crippen LogP contribution in [0.15, 0.2) is 66.7 Å². The maximum atomic E-state index is 13.1. The van der Waals surface area contributed by atoms with Crippen molar-refractivity contribution in [2.45, 2.75) is 12.8 Å².